The Hall–Kier alpha value is -1.26. The van der Waals surface area contributed by atoms with Gasteiger partial charge < -0.3 is 15.5 Å². The predicted molar refractivity (Wildman–Crippen MR) is 83.2 cm³/mol. The van der Waals surface area contributed by atoms with E-state index in [0.29, 0.717) is 17.6 Å². The first kappa shape index (κ1) is 15.1. The molecule has 1 aromatic carbocycles. The van der Waals surface area contributed by atoms with Gasteiger partial charge in [-0.05, 0) is 24.6 Å². The third-order valence-electron chi connectivity index (χ3n) is 3.56. The second kappa shape index (κ2) is 6.46. The van der Waals surface area contributed by atoms with Gasteiger partial charge in [0.05, 0.1) is 0 Å². The fourth-order valence-corrected chi connectivity index (χ4v) is 2.55. The molecule has 2 rings (SSSR count). The number of nitrogens with zero attached hydrogens (tertiary/aromatic N) is 1. The van der Waals surface area contributed by atoms with E-state index in [4.69, 9.17) is 11.6 Å². The van der Waals surface area contributed by atoms with Crippen molar-refractivity contribution in [2.24, 2.45) is 0 Å². The highest BCUT2D eigenvalue weighted by Crippen LogP contribution is 2.27. The lowest BCUT2D eigenvalue weighted by molar-refractivity contribution is -0.122. The van der Waals surface area contributed by atoms with Crippen LogP contribution in [0.1, 0.15) is 26.3 Å². The van der Waals surface area contributed by atoms with Crippen molar-refractivity contribution in [3.05, 3.63) is 28.8 Å². The molecule has 1 amide bonds. The normalized spacial score (nSPS) is 19.4. The van der Waals surface area contributed by atoms with Crippen molar-refractivity contribution in [1.29, 1.82) is 0 Å². The largest absolute Gasteiger partial charge is 0.358 e. The van der Waals surface area contributed by atoms with E-state index in [2.05, 4.69) is 29.4 Å². The number of hydrogen-bond donors (Lipinski definition) is 2. The van der Waals surface area contributed by atoms with E-state index >= 15 is 0 Å². The maximum absolute atomic E-state index is 11.8. The number of nitrogens with one attached hydrogen (secondary N) is 2. The second-order valence-electron chi connectivity index (χ2n) is 5.47. The van der Waals surface area contributed by atoms with Crippen molar-refractivity contribution < 1.29 is 4.79 Å². The molecule has 1 aliphatic heterocycles. The third-order valence-corrected chi connectivity index (χ3v) is 3.79. The third kappa shape index (κ3) is 3.44. The summed E-state index contributed by atoms with van der Waals surface area (Å²) in [4.78, 5) is 14.0. The Balaban J connectivity index is 2.28. The van der Waals surface area contributed by atoms with Gasteiger partial charge in [0.2, 0.25) is 5.91 Å². The Morgan fingerprint density at radius 2 is 2.25 bits per heavy atom. The average molecular weight is 296 g/mol. The minimum atomic E-state index is -0.167. The molecule has 2 N–H and O–H groups in total. The van der Waals surface area contributed by atoms with Crippen molar-refractivity contribution in [3.8, 4) is 0 Å². The molecule has 1 atom stereocenters. The molecule has 1 saturated heterocycles. The van der Waals surface area contributed by atoms with Crippen LogP contribution in [0.4, 0.5) is 5.69 Å². The molecular weight excluding hydrogens is 274 g/mol. The number of hydrogen-bond acceptors (Lipinski definition) is 3. The maximum Gasteiger partial charge on any atom is 0.242 e. The van der Waals surface area contributed by atoms with Crippen LogP contribution in [0.3, 0.4) is 0 Å². The molecule has 0 bridgehead atoms. The highest BCUT2D eigenvalue weighted by Gasteiger charge is 2.27. The summed E-state index contributed by atoms with van der Waals surface area (Å²) >= 11 is 6.14. The number of piperazine rings is 1. The number of carbonyl (C=O) groups is 1. The Labute approximate surface area is 125 Å². The smallest absolute Gasteiger partial charge is 0.242 e. The average Bonchev–Trinajstić information content (AvgIpc) is 2.40. The molecule has 0 radical (unpaired) electrons. The van der Waals surface area contributed by atoms with Crippen molar-refractivity contribution in [2.75, 3.05) is 18.0 Å². The number of amides is 1. The van der Waals surface area contributed by atoms with Crippen LogP contribution in [0.2, 0.25) is 5.02 Å². The van der Waals surface area contributed by atoms with Crippen molar-refractivity contribution >= 4 is 23.2 Å². The number of anilines is 1. The van der Waals surface area contributed by atoms with Gasteiger partial charge in [-0.3, -0.25) is 4.79 Å². The highest BCUT2D eigenvalue weighted by molar-refractivity contribution is 6.30. The molecule has 1 fully saturated rings. The summed E-state index contributed by atoms with van der Waals surface area (Å²) in [6.45, 7) is 8.41. The van der Waals surface area contributed by atoms with Crippen LogP contribution in [0, 0.1) is 0 Å². The molecule has 0 aromatic heterocycles. The predicted octanol–water partition coefficient (Wildman–Crippen LogP) is 2.16. The lowest BCUT2D eigenvalue weighted by Gasteiger charge is -2.36. The Morgan fingerprint density at radius 1 is 1.50 bits per heavy atom. The van der Waals surface area contributed by atoms with Crippen molar-refractivity contribution in [2.45, 2.75) is 39.4 Å². The van der Waals surface area contributed by atoms with E-state index in [0.717, 1.165) is 18.8 Å². The number of rotatable bonds is 4. The van der Waals surface area contributed by atoms with Crippen LogP contribution in [0.15, 0.2) is 18.2 Å². The molecule has 1 heterocycles. The van der Waals surface area contributed by atoms with Gasteiger partial charge in [-0.2, -0.15) is 0 Å². The summed E-state index contributed by atoms with van der Waals surface area (Å²) in [5.41, 5.74) is 2.22. The molecule has 0 saturated carbocycles. The quantitative estimate of drug-likeness (QED) is 0.895. The van der Waals surface area contributed by atoms with Crippen LogP contribution in [-0.2, 0) is 11.3 Å². The fourth-order valence-electron chi connectivity index (χ4n) is 2.38. The summed E-state index contributed by atoms with van der Waals surface area (Å²) in [5.74, 6) is 0.0685. The maximum atomic E-state index is 11.8. The van der Waals surface area contributed by atoms with E-state index < -0.39 is 0 Å². The second-order valence-corrected chi connectivity index (χ2v) is 5.91. The molecule has 20 heavy (non-hydrogen) atoms. The molecular formula is C15H22ClN3O. The van der Waals surface area contributed by atoms with Gasteiger partial charge in [0.25, 0.3) is 0 Å². The molecule has 5 heteroatoms. The van der Waals surface area contributed by atoms with Crippen LogP contribution in [0.5, 0.6) is 0 Å². The van der Waals surface area contributed by atoms with Crippen LogP contribution < -0.4 is 15.5 Å². The fraction of sp³-hybridized carbons (Fsp3) is 0.533. The minimum absolute atomic E-state index is 0.0685. The van der Waals surface area contributed by atoms with Crippen LogP contribution in [0.25, 0.3) is 0 Å². The van der Waals surface area contributed by atoms with Gasteiger partial charge in [-0.1, -0.05) is 31.5 Å². The zero-order valence-corrected chi connectivity index (χ0v) is 13.0. The minimum Gasteiger partial charge on any atom is -0.358 e. The van der Waals surface area contributed by atoms with Gasteiger partial charge in [0, 0.05) is 36.4 Å². The van der Waals surface area contributed by atoms with Crippen LogP contribution >= 0.6 is 11.6 Å². The van der Waals surface area contributed by atoms with Gasteiger partial charge >= 0.3 is 0 Å². The topological polar surface area (TPSA) is 44.4 Å². The van der Waals surface area contributed by atoms with Gasteiger partial charge in [0.15, 0.2) is 0 Å². The summed E-state index contributed by atoms with van der Waals surface area (Å²) in [6, 6.07) is 6.14. The van der Waals surface area contributed by atoms with Crippen molar-refractivity contribution in [1.82, 2.24) is 10.6 Å². The summed E-state index contributed by atoms with van der Waals surface area (Å²) in [7, 11) is 0. The van der Waals surface area contributed by atoms with Crippen molar-refractivity contribution in [3.63, 3.8) is 0 Å². The highest BCUT2D eigenvalue weighted by atomic mass is 35.5. The zero-order chi connectivity index (χ0) is 14.7. The van der Waals surface area contributed by atoms with Gasteiger partial charge in [-0.15, -0.1) is 0 Å². The number of halogens is 1. The molecule has 0 aliphatic carbocycles. The lowest BCUT2D eigenvalue weighted by Crippen LogP contribution is -2.54. The van der Waals surface area contributed by atoms with Crippen LogP contribution in [-0.4, -0.2) is 31.1 Å². The Kier molecular flexibility index (Phi) is 4.89. The van der Waals surface area contributed by atoms with E-state index in [1.54, 1.807) is 0 Å². The van der Waals surface area contributed by atoms with E-state index in [1.807, 2.05) is 25.1 Å². The molecule has 110 valence electrons. The zero-order valence-electron chi connectivity index (χ0n) is 12.2. The lowest BCUT2D eigenvalue weighted by atomic mass is 10.1. The first-order valence-electron chi connectivity index (χ1n) is 7.05. The summed E-state index contributed by atoms with van der Waals surface area (Å²) < 4.78 is 0. The SMILES string of the molecule is CC(C)NCc1ccc(Cl)cc1N1CCNC(=O)C1C. The van der Waals surface area contributed by atoms with Gasteiger partial charge in [0.1, 0.15) is 6.04 Å². The summed E-state index contributed by atoms with van der Waals surface area (Å²) in [5, 5.41) is 7.00. The monoisotopic (exact) mass is 295 g/mol. The molecule has 1 unspecified atom stereocenters. The first-order chi connectivity index (χ1) is 9.49. The molecule has 0 spiro atoms. The number of carbonyl (C=O) groups excluding carboxylic acids is 1. The Morgan fingerprint density at radius 3 is 2.95 bits per heavy atom. The summed E-state index contributed by atoms with van der Waals surface area (Å²) in [6.07, 6.45) is 0. The first-order valence-corrected chi connectivity index (χ1v) is 7.43. The Bertz CT molecular complexity index is 490. The molecule has 1 aromatic rings. The van der Waals surface area contributed by atoms with E-state index in [1.165, 1.54) is 5.56 Å². The number of benzene rings is 1. The standard InChI is InChI=1S/C15H22ClN3O/c1-10(2)18-9-12-4-5-13(16)8-14(12)19-7-6-17-15(20)11(19)3/h4-5,8,10-11,18H,6-7,9H2,1-3H3,(H,17,20). The van der Waals surface area contributed by atoms with Gasteiger partial charge in [-0.25, -0.2) is 0 Å². The van der Waals surface area contributed by atoms with E-state index in [-0.39, 0.29) is 11.9 Å². The molecule has 1 aliphatic rings. The van der Waals surface area contributed by atoms with E-state index in [9.17, 15) is 4.79 Å². The molecule has 4 nitrogen and oxygen atoms in total.